The Morgan fingerprint density at radius 2 is 0.923 bits per heavy atom. The van der Waals surface area contributed by atoms with Crippen LogP contribution in [-0.2, 0) is 0 Å². The summed E-state index contributed by atoms with van der Waals surface area (Å²) < 4.78 is 0. The van der Waals surface area contributed by atoms with Gasteiger partial charge in [0.15, 0.2) is 0 Å². The topological polar surface area (TPSA) is 0 Å². The zero-order valence-electron chi connectivity index (χ0n) is 23.1. The highest BCUT2D eigenvalue weighted by Crippen LogP contribution is 2.59. The monoisotopic (exact) mass is 564 g/mol. The normalized spacial score (nSPS) is 18.5. The zero-order chi connectivity index (χ0) is 27.3. The van der Waals surface area contributed by atoms with E-state index in [-0.39, 0.29) is 10.8 Å². The summed E-state index contributed by atoms with van der Waals surface area (Å²) in [7, 11) is -2.33. The highest BCUT2D eigenvalue weighted by molar-refractivity contribution is 7.09. The van der Waals surface area contributed by atoms with E-state index in [1.165, 1.54) is 66.0 Å². The average Bonchev–Trinajstić information content (AvgIpc) is 3.45. The number of hydrogen-bond acceptors (Lipinski definition) is 0. The molecule has 0 fully saturated rings. The summed E-state index contributed by atoms with van der Waals surface area (Å²) in [5, 5.41) is 2.80. The van der Waals surface area contributed by atoms with Gasteiger partial charge in [0.2, 0.25) is 0 Å². The Morgan fingerprint density at radius 1 is 0.538 bits per heavy atom. The van der Waals surface area contributed by atoms with Crippen LogP contribution in [0.15, 0.2) is 108 Å². The van der Waals surface area contributed by atoms with Crippen molar-refractivity contribution in [2.24, 2.45) is 0 Å². The van der Waals surface area contributed by atoms with Crippen LogP contribution in [0.2, 0.25) is 13.1 Å². The highest BCUT2D eigenvalue weighted by atomic mass is 35.5. The molecule has 0 aliphatic heterocycles. The number of allylic oxidation sites excluding steroid dienone is 2. The number of alkyl halides is 2. The first kappa shape index (κ1) is 26.4. The molecule has 2 aliphatic carbocycles. The molecule has 2 aliphatic rings. The zero-order valence-corrected chi connectivity index (χ0v) is 25.6. The van der Waals surface area contributed by atoms with Crippen LogP contribution in [0, 0.1) is 0 Å². The Bertz CT molecular complexity index is 1490. The van der Waals surface area contributed by atoms with Crippen LogP contribution in [-0.4, -0.2) is 8.07 Å². The first-order valence-electron chi connectivity index (χ1n) is 14.0. The van der Waals surface area contributed by atoms with E-state index in [0.717, 1.165) is 12.8 Å². The molecule has 0 radical (unpaired) electrons. The summed E-state index contributed by atoms with van der Waals surface area (Å²) in [5.41, 5.74) is 13.0. The number of rotatable bonds is 6. The molecule has 0 bridgehead atoms. The van der Waals surface area contributed by atoms with Gasteiger partial charge in [0.05, 0.1) is 10.8 Å². The molecule has 0 amide bonds. The minimum atomic E-state index is -2.33. The maximum absolute atomic E-state index is 7.32. The summed E-state index contributed by atoms with van der Waals surface area (Å²) in [6.07, 6.45) is 1.88. The number of fused-ring (bicyclic) bond motifs is 2. The summed E-state index contributed by atoms with van der Waals surface area (Å²) in [6, 6.07) is 34.9. The van der Waals surface area contributed by atoms with Gasteiger partial charge in [-0.2, -0.15) is 0 Å². The van der Waals surface area contributed by atoms with Crippen molar-refractivity contribution in [3.05, 3.63) is 130 Å². The lowest BCUT2D eigenvalue weighted by Gasteiger charge is -2.32. The summed E-state index contributed by atoms with van der Waals surface area (Å²) in [4.78, 5) is 0. The predicted octanol–water partition coefficient (Wildman–Crippen LogP) is 11.4. The van der Waals surface area contributed by atoms with E-state index >= 15 is 0 Å². The molecule has 0 saturated carbocycles. The van der Waals surface area contributed by atoms with Crippen molar-refractivity contribution in [3.8, 4) is 22.3 Å². The molecule has 0 N–H and O–H groups in total. The molecule has 6 rings (SSSR count). The van der Waals surface area contributed by atoms with Crippen LogP contribution in [0.1, 0.15) is 59.7 Å². The Morgan fingerprint density at radius 3 is 1.28 bits per heavy atom. The van der Waals surface area contributed by atoms with Crippen LogP contribution in [0.5, 0.6) is 0 Å². The van der Waals surface area contributed by atoms with Gasteiger partial charge in [-0.25, -0.2) is 0 Å². The Labute approximate surface area is 244 Å². The largest absolute Gasteiger partial charge is 0.113 e. The van der Waals surface area contributed by atoms with Crippen molar-refractivity contribution in [2.75, 3.05) is 0 Å². The molecule has 3 heteroatoms. The van der Waals surface area contributed by atoms with Crippen molar-refractivity contribution < 1.29 is 0 Å². The minimum Gasteiger partial charge on any atom is -0.113 e. The predicted molar refractivity (Wildman–Crippen MR) is 173 cm³/mol. The first-order valence-corrected chi connectivity index (χ1v) is 17.9. The van der Waals surface area contributed by atoms with Crippen molar-refractivity contribution in [2.45, 2.75) is 50.5 Å². The summed E-state index contributed by atoms with van der Waals surface area (Å²) >= 11 is 14.6. The van der Waals surface area contributed by atoms with Gasteiger partial charge < -0.3 is 0 Å². The molecule has 196 valence electrons. The fraction of sp³-hybridized carbons (Fsp3) is 0.222. The van der Waals surface area contributed by atoms with Gasteiger partial charge in [0.1, 0.15) is 8.07 Å². The van der Waals surface area contributed by atoms with Crippen LogP contribution >= 0.6 is 23.2 Å². The fourth-order valence-corrected chi connectivity index (χ4v) is 12.4. The molecule has 0 saturated heterocycles. The SMILES string of the molecule is CCC1=C([Si](C)(C)C2=C(CC)C(Cl)c3cccc(-c4ccccc4)c32)c2c(-c3ccccc3)cccc2C1Cl. The molecule has 2 atom stereocenters. The van der Waals surface area contributed by atoms with Crippen LogP contribution in [0.4, 0.5) is 0 Å². The molecule has 0 spiro atoms. The molecule has 4 aromatic rings. The minimum absolute atomic E-state index is 0.0989. The third-order valence-electron chi connectivity index (χ3n) is 8.67. The van der Waals surface area contributed by atoms with Crippen LogP contribution in [0.25, 0.3) is 32.6 Å². The van der Waals surface area contributed by atoms with Gasteiger partial charge in [0.25, 0.3) is 0 Å². The molecule has 2 unspecified atom stereocenters. The number of hydrogen-bond donors (Lipinski definition) is 0. The molecule has 0 heterocycles. The summed E-state index contributed by atoms with van der Waals surface area (Å²) in [5.74, 6) is 0. The lowest BCUT2D eigenvalue weighted by molar-refractivity contribution is 1.01. The Hall–Kier alpha value is -2.84. The Kier molecular flexibility index (Phi) is 6.96. The van der Waals surface area contributed by atoms with Gasteiger partial charge >= 0.3 is 0 Å². The number of benzene rings is 4. The maximum atomic E-state index is 7.32. The van der Waals surface area contributed by atoms with E-state index < -0.39 is 8.07 Å². The number of halogens is 2. The highest BCUT2D eigenvalue weighted by Gasteiger charge is 2.46. The Balaban J connectivity index is 1.65. The van der Waals surface area contributed by atoms with Crippen molar-refractivity contribution in [1.29, 1.82) is 0 Å². The van der Waals surface area contributed by atoms with Gasteiger partial charge in [0, 0.05) is 0 Å². The quantitative estimate of drug-likeness (QED) is 0.161. The van der Waals surface area contributed by atoms with E-state index in [1.54, 1.807) is 0 Å². The van der Waals surface area contributed by atoms with Crippen LogP contribution in [0.3, 0.4) is 0 Å². The van der Waals surface area contributed by atoms with E-state index in [2.05, 4.69) is 124 Å². The second-order valence-electron chi connectivity index (χ2n) is 11.1. The van der Waals surface area contributed by atoms with Crippen molar-refractivity contribution >= 4 is 41.7 Å². The fourth-order valence-electron chi connectivity index (χ4n) is 7.05. The van der Waals surface area contributed by atoms with E-state index in [0.29, 0.717) is 0 Å². The van der Waals surface area contributed by atoms with E-state index in [1.807, 2.05) is 0 Å². The van der Waals surface area contributed by atoms with Gasteiger partial charge in [-0.05, 0) is 78.9 Å². The lowest BCUT2D eigenvalue weighted by Crippen LogP contribution is -2.32. The molecular weight excluding hydrogens is 531 g/mol. The standard InChI is InChI=1S/C36H34Cl2Si/c1-5-25-33(37)29-21-13-19-27(23-15-9-7-10-16-23)31(29)35(25)39(3,4)36-26(6-2)34(38)30-22-14-20-28(32(30)36)24-17-11-8-12-18-24/h7-22,33-34H,5-6H2,1-4H3. The van der Waals surface area contributed by atoms with Gasteiger partial charge in [-0.15, -0.1) is 23.2 Å². The second kappa shape index (κ2) is 10.3. The molecule has 0 aromatic heterocycles. The third-order valence-corrected chi connectivity index (χ3v) is 13.3. The van der Waals surface area contributed by atoms with Crippen molar-refractivity contribution in [1.82, 2.24) is 0 Å². The van der Waals surface area contributed by atoms with Gasteiger partial charge in [-0.3, -0.25) is 0 Å². The van der Waals surface area contributed by atoms with Crippen molar-refractivity contribution in [3.63, 3.8) is 0 Å². The van der Waals surface area contributed by atoms with E-state index in [4.69, 9.17) is 23.2 Å². The van der Waals surface area contributed by atoms with Crippen LogP contribution < -0.4 is 0 Å². The van der Waals surface area contributed by atoms with Gasteiger partial charge in [-0.1, -0.05) is 124 Å². The maximum Gasteiger partial charge on any atom is 0.113 e. The average molecular weight is 566 g/mol. The third kappa shape index (κ3) is 4.09. The molecular formula is C36H34Cl2Si. The van der Waals surface area contributed by atoms with E-state index in [9.17, 15) is 0 Å². The first-order chi connectivity index (χ1) is 18.9. The molecule has 0 nitrogen and oxygen atoms in total. The second-order valence-corrected chi connectivity index (χ2v) is 16.3. The molecule has 39 heavy (non-hydrogen) atoms. The summed E-state index contributed by atoms with van der Waals surface area (Å²) in [6.45, 7) is 9.59. The smallest absolute Gasteiger partial charge is 0.113 e. The lowest BCUT2D eigenvalue weighted by atomic mass is 9.97. The molecule has 4 aromatic carbocycles.